The van der Waals surface area contributed by atoms with E-state index in [9.17, 15) is 0 Å². The van der Waals surface area contributed by atoms with Crippen LogP contribution in [-0.2, 0) is 0 Å². The van der Waals surface area contributed by atoms with Crippen molar-refractivity contribution in [1.29, 1.82) is 5.26 Å². The van der Waals surface area contributed by atoms with E-state index in [4.69, 9.17) is 5.26 Å². The first-order valence-corrected chi connectivity index (χ1v) is 5.75. The number of rotatable bonds is 4. The highest BCUT2D eigenvalue weighted by molar-refractivity contribution is 5.52. The minimum Gasteiger partial charge on any atom is -0.383 e. The van der Waals surface area contributed by atoms with E-state index in [-0.39, 0.29) is 5.92 Å². The Morgan fingerprint density at radius 3 is 2.56 bits per heavy atom. The molecule has 0 amide bonds. The van der Waals surface area contributed by atoms with Gasteiger partial charge in [0, 0.05) is 12.2 Å². The lowest BCUT2D eigenvalue weighted by atomic mass is 9.97. The second kappa shape index (κ2) is 5.55. The Hall–Kier alpha value is -1.49. The van der Waals surface area contributed by atoms with Crippen LogP contribution < -0.4 is 5.32 Å². The van der Waals surface area contributed by atoms with Gasteiger partial charge in [0.05, 0.1) is 12.0 Å². The maximum atomic E-state index is 9.01. The van der Waals surface area contributed by atoms with Crippen LogP contribution in [0.2, 0.25) is 0 Å². The Balaban J connectivity index is 2.67. The van der Waals surface area contributed by atoms with Gasteiger partial charge in [0.2, 0.25) is 0 Å². The number of anilines is 1. The van der Waals surface area contributed by atoms with Crippen LogP contribution in [0.3, 0.4) is 0 Å². The van der Waals surface area contributed by atoms with Crippen molar-refractivity contribution >= 4 is 5.69 Å². The molecule has 16 heavy (non-hydrogen) atoms. The second-order valence-corrected chi connectivity index (χ2v) is 4.68. The van der Waals surface area contributed by atoms with Gasteiger partial charge in [-0.15, -0.1) is 0 Å². The first-order chi connectivity index (χ1) is 7.54. The number of nitrogens with zero attached hydrogens (tertiary/aromatic N) is 1. The summed E-state index contributed by atoms with van der Waals surface area (Å²) in [7, 11) is 0. The predicted molar refractivity (Wildman–Crippen MR) is 68.3 cm³/mol. The van der Waals surface area contributed by atoms with E-state index >= 15 is 0 Å². The maximum absolute atomic E-state index is 9.01. The molecule has 1 atom stereocenters. The Labute approximate surface area is 98.3 Å². The molecule has 0 heterocycles. The number of benzene rings is 1. The molecule has 0 aliphatic carbocycles. The Morgan fingerprint density at radius 1 is 1.31 bits per heavy atom. The molecule has 0 aliphatic rings. The molecule has 1 aromatic rings. The van der Waals surface area contributed by atoms with Crippen molar-refractivity contribution < 1.29 is 0 Å². The zero-order chi connectivity index (χ0) is 12.1. The molecule has 0 aliphatic heterocycles. The fourth-order valence-corrected chi connectivity index (χ4v) is 1.58. The summed E-state index contributed by atoms with van der Waals surface area (Å²) >= 11 is 0. The minimum atomic E-state index is 0.0694. The molecule has 2 nitrogen and oxygen atoms in total. The van der Waals surface area contributed by atoms with Gasteiger partial charge in [-0.2, -0.15) is 5.26 Å². The van der Waals surface area contributed by atoms with Crippen molar-refractivity contribution in [3.63, 3.8) is 0 Å². The van der Waals surface area contributed by atoms with Gasteiger partial charge in [0.1, 0.15) is 0 Å². The number of hydrogen-bond donors (Lipinski definition) is 1. The topological polar surface area (TPSA) is 35.8 Å². The van der Waals surface area contributed by atoms with E-state index in [1.807, 2.05) is 0 Å². The molecule has 0 aromatic heterocycles. The molecule has 0 fully saturated rings. The lowest BCUT2D eigenvalue weighted by molar-refractivity contribution is 0.496. The summed E-state index contributed by atoms with van der Waals surface area (Å²) in [5.41, 5.74) is 3.61. The quantitative estimate of drug-likeness (QED) is 0.836. The van der Waals surface area contributed by atoms with Crippen LogP contribution in [0.15, 0.2) is 18.2 Å². The third-order valence-corrected chi connectivity index (χ3v) is 2.88. The van der Waals surface area contributed by atoms with E-state index in [2.05, 4.69) is 57.3 Å². The van der Waals surface area contributed by atoms with Gasteiger partial charge in [0.15, 0.2) is 0 Å². The van der Waals surface area contributed by atoms with Crippen LogP contribution in [0.5, 0.6) is 0 Å². The zero-order valence-corrected chi connectivity index (χ0v) is 10.5. The summed E-state index contributed by atoms with van der Waals surface area (Å²) in [5, 5.41) is 12.4. The molecule has 0 spiro atoms. The first-order valence-electron chi connectivity index (χ1n) is 5.75. The molecule has 1 rings (SSSR count). The summed E-state index contributed by atoms with van der Waals surface area (Å²) in [6.07, 6.45) is 0. The van der Waals surface area contributed by atoms with Crippen LogP contribution in [0.1, 0.15) is 25.0 Å². The largest absolute Gasteiger partial charge is 0.383 e. The third-order valence-electron chi connectivity index (χ3n) is 2.88. The van der Waals surface area contributed by atoms with E-state index in [1.54, 1.807) is 0 Å². The van der Waals surface area contributed by atoms with Crippen molar-refractivity contribution in [2.24, 2.45) is 11.8 Å². The van der Waals surface area contributed by atoms with Gasteiger partial charge in [-0.05, 0) is 37.0 Å². The fourth-order valence-electron chi connectivity index (χ4n) is 1.58. The summed E-state index contributed by atoms with van der Waals surface area (Å²) in [5.74, 6) is 0.461. The van der Waals surface area contributed by atoms with Gasteiger partial charge in [-0.3, -0.25) is 0 Å². The second-order valence-electron chi connectivity index (χ2n) is 4.68. The van der Waals surface area contributed by atoms with Crippen LogP contribution in [-0.4, -0.2) is 6.54 Å². The maximum Gasteiger partial charge on any atom is 0.0677 e. The molecule has 86 valence electrons. The van der Waals surface area contributed by atoms with Crippen LogP contribution in [0, 0.1) is 37.0 Å². The van der Waals surface area contributed by atoms with E-state index in [1.165, 1.54) is 11.1 Å². The summed E-state index contributed by atoms with van der Waals surface area (Å²) in [6.45, 7) is 9.04. The van der Waals surface area contributed by atoms with E-state index in [0.29, 0.717) is 5.92 Å². The van der Waals surface area contributed by atoms with E-state index in [0.717, 1.165) is 12.2 Å². The summed E-state index contributed by atoms with van der Waals surface area (Å²) in [6, 6.07) is 8.68. The minimum absolute atomic E-state index is 0.0694. The molecule has 2 heteroatoms. The summed E-state index contributed by atoms with van der Waals surface area (Å²) in [4.78, 5) is 0. The highest BCUT2D eigenvalue weighted by atomic mass is 14.9. The Morgan fingerprint density at radius 2 is 2.00 bits per heavy atom. The fraction of sp³-hybridized carbons (Fsp3) is 0.500. The smallest absolute Gasteiger partial charge is 0.0677 e. The van der Waals surface area contributed by atoms with Crippen molar-refractivity contribution in [1.82, 2.24) is 0 Å². The van der Waals surface area contributed by atoms with E-state index < -0.39 is 0 Å². The van der Waals surface area contributed by atoms with Crippen molar-refractivity contribution in [2.45, 2.75) is 27.7 Å². The number of nitriles is 1. The highest BCUT2D eigenvalue weighted by Gasteiger charge is 2.12. The van der Waals surface area contributed by atoms with Gasteiger partial charge in [-0.25, -0.2) is 0 Å². The van der Waals surface area contributed by atoms with Gasteiger partial charge < -0.3 is 5.32 Å². The molecule has 0 saturated carbocycles. The molecule has 1 aromatic carbocycles. The number of hydrogen-bond acceptors (Lipinski definition) is 2. The molecular formula is C14H20N2. The zero-order valence-electron chi connectivity index (χ0n) is 10.5. The average Bonchev–Trinajstić information content (AvgIpc) is 2.23. The number of aryl methyl sites for hydroxylation is 2. The average molecular weight is 216 g/mol. The monoisotopic (exact) mass is 216 g/mol. The van der Waals surface area contributed by atoms with Crippen LogP contribution in [0.4, 0.5) is 5.69 Å². The highest BCUT2D eigenvalue weighted by Crippen LogP contribution is 2.18. The standard InChI is InChI=1S/C14H20N2/c1-10(2)13(8-15)9-16-14-7-11(3)5-6-12(14)4/h5-7,10,13,16H,9H2,1-4H3. The molecular weight excluding hydrogens is 196 g/mol. The molecule has 0 bridgehead atoms. The molecule has 1 unspecified atom stereocenters. The lowest BCUT2D eigenvalue weighted by Gasteiger charge is -2.16. The predicted octanol–water partition coefficient (Wildman–Crippen LogP) is 3.51. The lowest BCUT2D eigenvalue weighted by Crippen LogP contribution is -2.18. The Kier molecular flexibility index (Phi) is 4.37. The third kappa shape index (κ3) is 3.27. The number of nitrogens with one attached hydrogen (secondary N) is 1. The van der Waals surface area contributed by atoms with Crippen LogP contribution in [0.25, 0.3) is 0 Å². The molecule has 0 saturated heterocycles. The molecule has 0 radical (unpaired) electrons. The Bertz CT molecular complexity index is 388. The van der Waals surface area contributed by atoms with Crippen molar-refractivity contribution in [3.05, 3.63) is 29.3 Å². The molecule has 1 N–H and O–H groups in total. The summed E-state index contributed by atoms with van der Waals surface area (Å²) < 4.78 is 0. The van der Waals surface area contributed by atoms with Gasteiger partial charge in [-0.1, -0.05) is 26.0 Å². The van der Waals surface area contributed by atoms with Crippen LogP contribution >= 0.6 is 0 Å². The SMILES string of the molecule is Cc1ccc(C)c(NCC(C#N)C(C)C)c1. The van der Waals surface area contributed by atoms with Gasteiger partial charge in [0.25, 0.3) is 0 Å². The first kappa shape index (κ1) is 12.6. The van der Waals surface area contributed by atoms with Crippen molar-refractivity contribution in [3.8, 4) is 6.07 Å². The van der Waals surface area contributed by atoms with Gasteiger partial charge >= 0.3 is 0 Å². The normalized spacial score (nSPS) is 12.2. The van der Waals surface area contributed by atoms with Crippen molar-refractivity contribution in [2.75, 3.05) is 11.9 Å².